The number of hydrogen-bond acceptors (Lipinski definition) is 15. The molecule has 17 nitrogen and oxygen atoms in total. The monoisotopic (exact) mass is 1320 g/mol. The summed E-state index contributed by atoms with van der Waals surface area (Å²) in [5, 5.41) is 10.6. The van der Waals surface area contributed by atoms with Crippen molar-refractivity contribution in [1.29, 1.82) is 0 Å². The highest BCUT2D eigenvalue weighted by molar-refractivity contribution is 7.47. The fraction of sp³-hybridized carbons (Fsp3) is 0.944. The molecule has 534 valence electrons. The lowest BCUT2D eigenvalue weighted by atomic mass is 10.0. The fourth-order valence-corrected chi connectivity index (χ4v) is 12.3. The minimum absolute atomic E-state index is 0.104. The highest BCUT2D eigenvalue weighted by Crippen LogP contribution is 2.45. The third-order valence-electron chi connectivity index (χ3n) is 16.5. The number of phosphoric acid groups is 2. The van der Waals surface area contributed by atoms with Gasteiger partial charge in [-0.3, -0.25) is 37.3 Å². The van der Waals surface area contributed by atoms with Gasteiger partial charge in [0.1, 0.15) is 19.3 Å². The lowest BCUT2D eigenvalue weighted by Crippen LogP contribution is -2.30. The van der Waals surface area contributed by atoms with Crippen molar-refractivity contribution in [2.45, 2.75) is 381 Å². The summed E-state index contributed by atoms with van der Waals surface area (Å²) in [5.74, 6) is -0.612. The average Bonchev–Trinajstić information content (AvgIpc) is 3.65. The van der Waals surface area contributed by atoms with Gasteiger partial charge < -0.3 is 33.8 Å². The van der Waals surface area contributed by atoms with Gasteiger partial charge in [0.25, 0.3) is 0 Å². The molecule has 0 saturated heterocycles. The minimum Gasteiger partial charge on any atom is -0.462 e. The summed E-state index contributed by atoms with van der Waals surface area (Å²) < 4.78 is 68.3. The number of carbonyl (C=O) groups is 4. The van der Waals surface area contributed by atoms with Crippen LogP contribution < -0.4 is 0 Å². The lowest BCUT2D eigenvalue weighted by Gasteiger charge is -2.21. The van der Waals surface area contributed by atoms with Crippen molar-refractivity contribution in [2.75, 3.05) is 39.6 Å². The van der Waals surface area contributed by atoms with Crippen molar-refractivity contribution in [3.8, 4) is 0 Å². The van der Waals surface area contributed by atoms with Crippen LogP contribution in [-0.2, 0) is 65.4 Å². The molecule has 19 heteroatoms. The largest absolute Gasteiger partial charge is 0.472 e. The zero-order valence-electron chi connectivity index (χ0n) is 58.4. The van der Waals surface area contributed by atoms with Crippen LogP contribution in [0.1, 0.15) is 363 Å². The zero-order valence-corrected chi connectivity index (χ0v) is 60.2. The van der Waals surface area contributed by atoms with E-state index in [2.05, 4.69) is 41.5 Å². The number of phosphoric ester groups is 2. The first-order valence-corrected chi connectivity index (χ1v) is 40.0. The SMILES string of the molecule is CCCCCCCCCCCCCCCCC(=O)OC[C@H](COP(=O)(O)OC[C@@H](O)COP(=O)(O)OC[C@@H](COC(=O)CCCCCCCCCC)OC(=O)CCCCCCCCCCC(C)C)OC(=O)CCCCCCCCCCCCCCCCC(C)C. The fourth-order valence-electron chi connectivity index (χ4n) is 10.8. The Bertz CT molecular complexity index is 1750. The summed E-state index contributed by atoms with van der Waals surface area (Å²) in [4.78, 5) is 72.5. The van der Waals surface area contributed by atoms with Gasteiger partial charge in [-0.25, -0.2) is 9.13 Å². The summed E-state index contributed by atoms with van der Waals surface area (Å²) in [6, 6.07) is 0. The van der Waals surface area contributed by atoms with Crippen molar-refractivity contribution in [3.63, 3.8) is 0 Å². The normalized spacial score (nSPS) is 14.1. The van der Waals surface area contributed by atoms with Gasteiger partial charge in [-0.2, -0.15) is 0 Å². The first-order chi connectivity index (χ1) is 43.4. The smallest absolute Gasteiger partial charge is 0.462 e. The average molecular weight is 1330 g/mol. The van der Waals surface area contributed by atoms with Crippen LogP contribution in [0.5, 0.6) is 0 Å². The van der Waals surface area contributed by atoms with Gasteiger partial charge in [0.05, 0.1) is 26.4 Å². The van der Waals surface area contributed by atoms with Gasteiger partial charge in [-0.1, -0.05) is 311 Å². The van der Waals surface area contributed by atoms with E-state index in [1.54, 1.807) is 0 Å². The molecule has 0 heterocycles. The van der Waals surface area contributed by atoms with Crippen molar-refractivity contribution < 1.29 is 80.2 Å². The van der Waals surface area contributed by atoms with Gasteiger partial charge >= 0.3 is 39.5 Å². The Kier molecular flexibility index (Phi) is 61.8. The molecule has 0 fully saturated rings. The Balaban J connectivity index is 5.22. The van der Waals surface area contributed by atoms with Crippen molar-refractivity contribution >= 4 is 39.5 Å². The van der Waals surface area contributed by atoms with Gasteiger partial charge in [-0.15, -0.1) is 0 Å². The van der Waals surface area contributed by atoms with Crippen LogP contribution in [0.15, 0.2) is 0 Å². The molecule has 0 amide bonds. The minimum atomic E-state index is -4.95. The van der Waals surface area contributed by atoms with Crippen LogP contribution >= 0.6 is 15.6 Å². The molecule has 0 aliphatic rings. The van der Waals surface area contributed by atoms with Crippen molar-refractivity contribution in [1.82, 2.24) is 0 Å². The topological polar surface area (TPSA) is 237 Å². The van der Waals surface area contributed by atoms with Crippen LogP contribution in [0.4, 0.5) is 0 Å². The van der Waals surface area contributed by atoms with E-state index in [4.69, 9.17) is 37.0 Å². The van der Waals surface area contributed by atoms with Gasteiger partial charge in [0.2, 0.25) is 0 Å². The number of aliphatic hydroxyl groups is 1. The van der Waals surface area contributed by atoms with Crippen LogP contribution in [0.2, 0.25) is 0 Å². The first kappa shape index (κ1) is 88.1. The molecule has 0 aromatic heterocycles. The van der Waals surface area contributed by atoms with Crippen LogP contribution in [0, 0.1) is 11.8 Å². The Hall–Kier alpha value is -1.94. The quantitative estimate of drug-likeness (QED) is 0.0222. The van der Waals surface area contributed by atoms with Gasteiger partial charge in [0, 0.05) is 25.7 Å². The first-order valence-electron chi connectivity index (χ1n) is 37.0. The van der Waals surface area contributed by atoms with E-state index in [1.807, 2.05) is 0 Å². The third-order valence-corrected chi connectivity index (χ3v) is 18.4. The predicted molar refractivity (Wildman–Crippen MR) is 363 cm³/mol. The van der Waals surface area contributed by atoms with E-state index in [-0.39, 0.29) is 25.7 Å². The van der Waals surface area contributed by atoms with Crippen molar-refractivity contribution in [2.24, 2.45) is 11.8 Å². The van der Waals surface area contributed by atoms with E-state index in [0.29, 0.717) is 25.7 Å². The molecule has 0 aromatic carbocycles. The van der Waals surface area contributed by atoms with Crippen LogP contribution in [0.25, 0.3) is 0 Å². The van der Waals surface area contributed by atoms with Crippen LogP contribution in [0.3, 0.4) is 0 Å². The summed E-state index contributed by atoms with van der Waals surface area (Å²) in [7, 11) is -9.90. The second kappa shape index (κ2) is 63.1. The summed E-state index contributed by atoms with van der Waals surface area (Å²) in [6.07, 6.45) is 48.6. The zero-order chi connectivity index (χ0) is 66.5. The second-order valence-electron chi connectivity index (χ2n) is 26.6. The molecule has 0 bridgehead atoms. The Morgan fingerprint density at radius 3 is 0.756 bits per heavy atom. The van der Waals surface area contributed by atoms with Crippen LogP contribution in [-0.4, -0.2) is 96.7 Å². The van der Waals surface area contributed by atoms with Gasteiger partial charge in [0.15, 0.2) is 12.2 Å². The summed E-state index contributed by atoms with van der Waals surface area (Å²) in [6.45, 7) is 9.51. The molecule has 0 spiro atoms. The molecule has 0 aliphatic heterocycles. The van der Waals surface area contributed by atoms with Gasteiger partial charge in [-0.05, 0) is 37.5 Å². The summed E-state index contributed by atoms with van der Waals surface area (Å²) >= 11 is 0. The maximum Gasteiger partial charge on any atom is 0.472 e. The number of hydrogen-bond donors (Lipinski definition) is 3. The van der Waals surface area contributed by atoms with E-state index < -0.39 is 97.5 Å². The number of unbranched alkanes of at least 4 members (excludes halogenated alkanes) is 40. The number of esters is 4. The number of carbonyl (C=O) groups excluding carboxylic acids is 4. The summed E-state index contributed by atoms with van der Waals surface area (Å²) in [5.41, 5.74) is 0. The highest BCUT2D eigenvalue weighted by Gasteiger charge is 2.30. The molecule has 90 heavy (non-hydrogen) atoms. The van der Waals surface area contributed by atoms with E-state index >= 15 is 0 Å². The third kappa shape index (κ3) is 64.8. The Morgan fingerprint density at radius 2 is 0.511 bits per heavy atom. The highest BCUT2D eigenvalue weighted by atomic mass is 31.2. The molecule has 5 atom stereocenters. The molecule has 2 unspecified atom stereocenters. The molecule has 3 N–H and O–H groups in total. The predicted octanol–water partition coefficient (Wildman–Crippen LogP) is 20.4. The molecule has 0 rings (SSSR count). The second-order valence-corrected chi connectivity index (χ2v) is 29.5. The molecular weight excluding hydrogens is 1190 g/mol. The van der Waals surface area contributed by atoms with Crippen molar-refractivity contribution in [3.05, 3.63) is 0 Å². The molecular formula is C71H138O17P2. The van der Waals surface area contributed by atoms with E-state index in [9.17, 15) is 43.2 Å². The molecule has 0 saturated carbocycles. The molecule has 0 aliphatic carbocycles. The Morgan fingerprint density at radius 1 is 0.300 bits per heavy atom. The maximum absolute atomic E-state index is 13.0. The van der Waals surface area contributed by atoms with E-state index in [1.165, 1.54) is 173 Å². The standard InChI is InChI=1S/C71H138O17P2/c1-7-9-11-13-15-17-18-19-23-26-29-36-42-48-54-69(74)82-60-67(87-70(75)55-49-43-37-30-27-24-21-20-22-25-28-33-39-45-51-63(3)4)62-86-90(79,80)84-58-65(72)57-83-89(77,78)85-61-66(59-81-68(73)53-47-41-35-16-14-12-10-8-2)88-71(76)56-50-44-38-32-31-34-40-46-52-64(5)6/h63-67,72H,7-62H2,1-6H3,(H,77,78)(H,79,80)/t65-,66+,67+/m0/s1. The van der Waals surface area contributed by atoms with E-state index in [0.717, 1.165) is 108 Å². The maximum atomic E-state index is 13.0. The number of aliphatic hydroxyl groups excluding tert-OH is 1. The number of rotatable bonds is 70. The molecule has 0 radical (unpaired) electrons. The number of ether oxygens (including phenoxy) is 4. The Labute approximate surface area is 549 Å². The molecule has 0 aromatic rings. The lowest BCUT2D eigenvalue weighted by molar-refractivity contribution is -0.161.